The molecule has 1 saturated heterocycles. The van der Waals surface area contributed by atoms with Gasteiger partial charge in [0.05, 0.1) is 11.6 Å². The maximum Gasteiger partial charge on any atom is 0.226 e. The molecule has 1 atom stereocenters. The molecule has 0 bridgehead atoms. The molecule has 2 aromatic rings. The highest BCUT2D eigenvalue weighted by atomic mass is 32.1. The van der Waals surface area contributed by atoms with E-state index in [2.05, 4.69) is 10.3 Å². The van der Waals surface area contributed by atoms with E-state index in [1.54, 1.807) is 23.3 Å². The maximum absolute atomic E-state index is 12.4. The molecule has 0 aliphatic carbocycles. The van der Waals surface area contributed by atoms with Gasteiger partial charge in [0.15, 0.2) is 4.96 Å². The highest BCUT2D eigenvalue weighted by molar-refractivity contribution is 7.15. The third-order valence-corrected chi connectivity index (χ3v) is 5.38. The summed E-state index contributed by atoms with van der Waals surface area (Å²) in [6.07, 6.45) is 4.93. The largest absolute Gasteiger partial charge is 0.355 e. The monoisotopic (exact) mass is 320 g/mol. The smallest absolute Gasteiger partial charge is 0.226 e. The molecule has 0 aromatic carbocycles. The van der Waals surface area contributed by atoms with Crippen molar-refractivity contribution in [2.45, 2.75) is 32.2 Å². The molecule has 1 aliphatic rings. The third-order valence-electron chi connectivity index (χ3n) is 4.61. The number of likely N-dealkylation sites (tertiary alicyclic amines) is 1. The number of nitrogens with one attached hydrogen (secondary N) is 1. The number of carbonyl (C=O) groups excluding carboxylic acids is 2. The first-order valence-electron chi connectivity index (χ1n) is 7.35. The van der Waals surface area contributed by atoms with Crippen LogP contribution in [-0.2, 0) is 16.0 Å². The lowest BCUT2D eigenvalue weighted by molar-refractivity contribution is -0.128. The van der Waals surface area contributed by atoms with E-state index in [4.69, 9.17) is 0 Å². The molecule has 1 fully saturated rings. The number of thiazole rings is 1. The van der Waals surface area contributed by atoms with Crippen molar-refractivity contribution in [1.82, 2.24) is 19.6 Å². The molecule has 1 aliphatic heterocycles. The minimum Gasteiger partial charge on any atom is -0.355 e. The van der Waals surface area contributed by atoms with Gasteiger partial charge in [0.2, 0.25) is 11.8 Å². The molecule has 6 nitrogen and oxygen atoms in total. The van der Waals surface area contributed by atoms with Gasteiger partial charge >= 0.3 is 0 Å². The number of nitrogens with zero attached hydrogens (tertiary/aromatic N) is 3. The van der Waals surface area contributed by atoms with Crippen LogP contribution in [0, 0.1) is 5.92 Å². The normalized spacial score (nSPS) is 20.8. The molecule has 3 rings (SSSR count). The van der Waals surface area contributed by atoms with Crippen LogP contribution >= 0.6 is 11.3 Å². The lowest BCUT2D eigenvalue weighted by Gasteiger charge is -2.32. The van der Waals surface area contributed by atoms with Gasteiger partial charge in [-0.25, -0.2) is 4.98 Å². The lowest BCUT2D eigenvalue weighted by Crippen LogP contribution is -2.47. The van der Waals surface area contributed by atoms with Crippen LogP contribution in [0.1, 0.15) is 26.0 Å². The van der Waals surface area contributed by atoms with Crippen molar-refractivity contribution >= 4 is 28.1 Å². The van der Waals surface area contributed by atoms with Crippen LogP contribution < -0.4 is 5.32 Å². The third kappa shape index (κ3) is 2.49. The first kappa shape index (κ1) is 15.0. The van der Waals surface area contributed by atoms with Gasteiger partial charge in [-0.3, -0.25) is 14.0 Å². The molecule has 118 valence electrons. The summed E-state index contributed by atoms with van der Waals surface area (Å²) in [5.41, 5.74) is 0.532. The Morgan fingerprint density at radius 2 is 2.32 bits per heavy atom. The zero-order valence-corrected chi connectivity index (χ0v) is 13.8. The second-order valence-corrected chi connectivity index (χ2v) is 7.10. The van der Waals surface area contributed by atoms with Gasteiger partial charge in [0, 0.05) is 49.7 Å². The van der Waals surface area contributed by atoms with Crippen LogP contribution in [0.5, 0.6) is 0 Å². The zero-order chi connectivity index (χ0) is 15.9. The number of carbonyl (C=O) groups is 2. The second-order valence-electron chi connectivity index (χ2n) is 6.23. The highest BCUT2D eigenvalue weighted by Gasteiger charge is 2.47. The van der Waals surface area contributed by atoms with E-state index in [9.17, 15) is 9.59 Å². The quantitative estimate of drug-likeness (QED) is 0.924. The minimum absolute atomic E-state index is 0.0273. The summed E-state index contributed by atoms with van der Waals surface area (Å²) in [4.78, 5) is 31.3. The number of fused-ring (bicyclic) bond motifs is 1. The Bertz CT molecular complexity index is 690. The Labute approximate surface area is 133 Å². The molecule has 2 amide bonds. The summed E-state index contributed by atoms with van der Waals surface area (Å²) in [5.74, 6) is -0.321. The van der Waals surface area contributed by atoms with Gasteiger partial charge in [0.25, 0.3) is 0 Å². The van der Waals surface area contributed by atoms with Crippen LogP contribution in [0.4, 0.5) is 0 Å². The van der Waals surface area contributed by atoms with E-state index < -0.39 is 5.54 Å². The summed E-state index contributed by atoms with van der Waals surface area (Å²) < 4.78 is 1.98. The van der Waals surface area contributed by atoms with Gasteiger partial charge in [-0.2, -0.15) is 0 Å². The first-order chi connectivity index (χ1) is 10.4. The first-order valence-corrected chi connectivity index (χ1v) is 8.23. The average Bonchev–Trinajstić information content (AvgIpc) is 3.08. The van der Waals surface area contributed by atoms with E-state index in [-0.39, 0.29) is 24.2 Å². The summed E-state index contributed by atoms with van der Waals surface area (Å²) in [6.45, 7) is 4.41. The molecule has 0 saturated carbocycles. The Hall–Kier alpha value is -1.89. The van der Waals surface area contributed by atoms with Crippen molar-refractivity contribution < 1.29 is 9.59 Å². The van der Waals surface area contributed by atoms with E-state index >= 15 is 0 Å². The molecule has 7 heteroatoms. The number of rotatable bonds is 4. The molecule has 3 heterocycles. The van der Waals surface area contributed by atoms with Crippen LogP contribution in [0.3, 0.4) is 0 Å². The van der Waals surface area contributed by atoms with Gasteiger partial charge in [0.1, 0.15) is 0 Å². The van der Waals surface area contributed by atoms with E-state index in [0.29, 0.717) is 13.0 Å². The number of imidazole rings is 1. The standard InChI is InChI=1S/C15H20N4O2S/c1-15(2)11(8-12(20)18(15)3)13(21)16-5-4-10-9-19-6-7-22-14(19)17-10/h6-7,9,11H,4-5,8H2,1-3H3,(H,16,21). The molecule has 0 spiro atoms. The lowest BCUT2D eigenvalue weighted by atomic mass is 9.88. The van der Waals surface area contributed by atoms with E-state index in [1.165, 1.54) is 0 Å². The molecular formula is C15H20N4O2S. The fourth-order valence-corrected chi connectivity index (χ4v) is 3.58. The second kappa shape index (κ2) is 5.39. The molecular weight excluding hydrogens is 300 g/mol. The van der Waals surface area contributed by atoms with Crippen LogP contribution in [0.2, 0.25) is 0 Å². The number of hydrogen-bond acceptors (Lipinski definition) is 4. The highest BCUT2D eigenvalue weighted by Crippen LogP contribution is 2.34. The SMILES string of the molecule is CN1C(=O)CC(C(=O)NCCc2cn3ccsc3n2)C1(C)C. The molecule has 2 aromatic heterocycles. The van der Waals surface area contributed by atoms with Crippen LogP contribution in [0.15, 0.2) is 17.8 Å². The Morgan fingerprint density at radius 1 is 1.55 bits per heavy atom. The summed E-state index contributed by atoms with van der Waals surface area (Å²) in [7, 11) is 1.76. The molecule has 22 heavy (non-hydrogen) atoms. The average molecular weight is 320 g/mol. The van der Waals surface area contributed by atoms with Crippen molar-refractivity contribution in [3.63, 3.8) is 0 Å². The maximum atomic E-state index is 12.4. The van der Waals surface area contributed by atoms with Crippen molar-refractivity contribution in [2.75, 3.05) is 13.6 Å². The van der Waals surface area contributed by atoms with Crippen molar-refractivity contribution in [3.8, 4) is 0 Å². The van der Waals surface area contributed by atoms with Crippen LogP contribution in [-0.4, -0.2) is 45.2 Å². The van der Waals surface area contributed by atoms with Gasteiger partial charge in [-0.05, 0) is 13.8 Å². The predicted molar refractivity (Wildman–Crippen MR) is 84.7 cm³/mol. The molecule has 1 unspecified atom stereocenters. The summed E-state index contributed by atoms with van der Waals surface area (Å²) in [6, 6.07) is 0. The predicted octanol–water partition coefficient (Wildman–Crippen LogP) is 1.31. The summed E-state index contributed by atoms with van der Waals surface area (Å²) in [5, 5.41) is 4.93. The van der Waals surface area contributed by atoms with E-state index in [0.717, 1.165) is 10.7 Å². The van der Waals surface area contributed by atoms with Crippen molar-refractivity contribution in [1.29, 1.82) is 0 Å². The topological polar surface area (TPSA) is 66.7 Å². The number of hydrogen-bond donors (Lipinski definition) is 1. The molecule has 0 radical (unpaired) electrons. The van der Waals surface area contributed by atoms with E-state index in [1.807, 2.05) is 36.0 Å². The van der Waals surface area contributed by atoms with Gasteiger partial charge in [-0.15, -0.1) is 11.3 Å². The minimum atomic E-state index is -0.432. The summed E-state index contributed by atoms with van der Waals surface area (Å²) >= 11 is 1.59. The fourth-order valence-electron chi connectivity index (χ4n) is 2.86. The fraction of sp³-hybridized carbons (Fsp3) is 0.533. The van der Waals surface area contributed by atoms with Gasteiger partial charge < -0.3 is 10.2 Å². The number of aromatic nitrogens is 2. The number of amides is 2. The zero-order valence-electron chi connectivity index (χ0n) is 13.0. The Kier molecular flexibility index (Phi) is 3.68. The van der Waals surface area contributed by atoms with Crippen molar-refractivity contribution in [3.05, 3.63) is 23.5 Å². The van der Waals surface area contributed by atoms with Crippen molar-refractivity contribution in [2.24, 2.45) is 5.92 Å². The Morgan fingerprint density at radius 3 is 2.95 bits per heavy atom. The molecule has 1 N–H and O–H groups in total. The van der Waals surface area contributed by atoms with Gasteiger partial charge in [-0.1, -0.05) is 0 Å². The van der Waals surface area contributed by atoms with Crippen LogP contribution in [0.25, 0.3) is 4.96 Å². The Balaban J connectivity index is 1.56.